The quantitative estimate of drug-likeness (QED) is 0.833. The number of aliphatic imine (C=N–C) groups is 1. The highest BCUT2D eigenvalue weighted by Crippen LogP contribution is 2.82. The van der Waals surface area contributed by atoms with Crippen LogP contribution in [0.25, 0.3) is 0 Å². The Kier molecular flexibility index (Phi) is 3.60. The molecule has 2 N–H and O–H groups in total. The monoisotopic (exact) mass is 328 g/mol. The van der Waals surface area contributed by atoms with Crippen molar-refractivity contribution in [3.05, 3.63) is 35.6 Å². The van der Waals surface area contributed by atoms with Crippen LogP contribution in [0, 0.1) is 39.3 Å². The van der Waals surface area contributed by atoms with Gasteiger partial charge >= 0.3 is 0 Å². The fourth-order valence-corrected chi connectivity index (χ4v) is 3.93. The van der Waals surface area contributed by atoms with Gasteiger partial charge in [0.05, 0.1) is 12.1 Å². The third kappa shape index (κ3) is 1.56. The molecule has 1 heterocycles. The first-order valence-electron chi connectivity index (χ1n) is 7.72. The van der Waals surface area contributed by atoms with Gasteiger partial charge in [-0.3, -0.25) is 0 Å². The van der Waals surface area contributed by atoms with E-state index in [1.54, 1.807) is 32.0 Å². The van der Waals surface area contributed by atoms with Gasteiger partial charge in [-0.1, -0.05) is 18.2 Å². The van der Waals surface area contributed by atoms with Gasteiger partial charge in [0.2, 0.25) is 0 Å². The van der Waals surface area contributed by atoms with E-state index in [0.29, 0.717) is 0 Å². The van der Waals surface area contributed by atoms with Gasteiger partial charge in [-0.05, 0) is 25.5 Å². The number of fused-ring (bicyclic) bond motifs is 1. The molecule has 1 aliphatic heterocycles. The van der Waals surface area contributed by atoms with Gasteiger partial charge in [0.1, 0.15) is 17.1 Å². The van der Waals surface area contributed by atoms with Crippen LogP contribution in [-0.2, 0) is 9.47 Å². The third-order valence-electron chi connectivity index (χ3n) is 4.82. The summed E-state index contributed by atoms with van der Waals surface area (Å²) in [6.07, 6.45) is 0. The van der Waals surface area contributed by atoms with Crippen LogP contribution in [0.15, 0.2) is 29.3 Å². The van der Waals surface area contributed by atoms with Crippen molar-refractivity contribution in [1.29, 1.82) is 10.5 Å². The van der Waals surface area contributed by atoms with Crippen LogP contribution in [0.4, 0.5) is 4.39 Å². The first-order chi connectivity index (χ1) is 11.5. The lowest BCUT2D eigenvalue weighted by molar-refractivity contribution is -0.255. The highest BCUT2D eigenvalue weighted by Gasteiger charge is 2.94. The van der Waals surface area contributed by atoms with Gasteiger partial charge < -0.3 is 15.2 Å². The highest BCUT2D eigenvalue weighted by atomic mass is 19.1. The highest BCUT2D eigenvalue weighted by molar-refractivity contribution is 6.00. The summed E-state index contributed by atoms with van der Waals surface area (Å²) in [5, 5.41) is 19.8. The Morgan fingerprint density at radius 2 is 1.83 bits per heavy atom. The number of nitrogens with two attached hydrogens (primary N) is 1. The second-order valence-corrected chi connectivity index (χ2v) is 5.74. The summed E-state index contributed by atoms with van der Waals surface area (Å²) in [5.74, 6) is -3.08. The molecular formula is C17H17FN4O2. The third-order valence-corrected chi connectivity index (χ3v) is 4.82. The van der Waals surface area contributed by atoms with Crippen molar-refractivity contribution >= 4 is 5.84 Å². The molecule has 1 fully saturated rings. The smallest absolute Gasteiger partial charge is 0.293 e. The number of benzene rings is 1. The van der Waals surface area contributed by atoms with Gasteiger partial charge in [-0.25, -0.2) is 9.38 Å². The maximum absolute atomic E-state index is 14.4. The van der Waals surface area contributed by atoms with Crippen molar-refractivity contribution in [2.24, 2.45) is 21.6 Å². The first-order valence-corrected chi connectivity index (χ1v) is 7.72. The van der Waals surface area contributed by atoms with Gasteiger partial charge in [0, 0.05) is 19.1 Å². The molecular weight excluding hydrogens is 311 g/mol. The Morgan fingerprint density at radius 3 is 2.33 bits per heavy atom. The number of amidine groups is 1. The molecule has 24 heavy (non-hydrogen) atoms. The zero-order chi connectivity index (χ0) is 17.6. The average molecular weight is 328 g/mol. The maximum atomic E-state index is 14.4. The zero-order valence-electron chi connectivity index (χ0n) is 13.4. The summed E-state index contributed by atoms with van der Waals surface area (Å²) in [4.78, 5) is 4.20. The average Bonchev–Trinajstić information content (AvgIpc) is 3.14. The van der Waals surface area contributed by atoms with Crippen LogP contribution in [-0.4, -0.2) is 25.0 Å². The molecule has 0 bridgehead atoms. The summed E-state index contributed by atoms with van der Waals surface area (Å²) >= 11 is 0. The second kappa shape index (κ2) is 5.27. The molecule has 7 heteroatoms. The normalized spacial score (nSPS) is 32.4. The molecule has 1 aromatic carbocycles. The molecule has 1 aromatic rings. The number of hydrogen-bond acceptors (Lipinski definition) is 6. The topological polar surface area (TPSA) is 104 Å². The molecule has 6 nitrogen and oxygen atoms in total. The lowest BCUT2D eigenvalue weighted by Gasteiger charge is -2.31. The fourth-order valence-electron chi connectivity index (χ4n) is 3.93. The minimum atomic E-state index is -1.71. The molecule has 1 aliphatic carbocycles. The molecule has 124 valence electrons. The number of rotatable bonds is 5. The summed E-state index contributed by atoms with van der Waals surface area (Å²) < 4.78 is 25.7. The van der Waals surface area contributed by atoms with Gasteiger partial charge in [0.25, 0.3) is 5.91 Å². The van der Waals surface area contributed by atoms with Crippen molar-refractivity contribution in [2.45, 2.75) is 25.7 Å². The van der Waals surface area contributed by atoms with E-state index in [4.69, 9.17) is 15.2 Å². The van der Waals surface area contributed by atoms with Crippen molar-refractivity contribution < 1.29 is 13.9 Å². The van der Waals surface area contributed by atoms with E-state index in [1.807, 2.05) is 0 Å². The van der Waals surface area contributed by atoms with Crippen molar-refractivity contribution in [3.8, 4) is 12.1 Å². The Morgan fingerprint density at radius 1 is 1.21 bits per heavy atom. The molecule has 2 aliphatic rings. The predicted molar refractivity (Wildman–Crippen MR) is 82.8 cm³/mol. The predicted octanol–water partition coefficient (Wildman–Crippen LogP) is 2.04. The van der Waals surface area contributed by atoms with Crippen LogP contribution < -0.4 is 5.73 Å². The van der Waals surface area contributed by atoms with Crippen LogP contribution in [0.3, 0.4) is 0 Å². The lowest BCUT2D eigenvalue weighted by Crippen LogP contribution is -2.43. The fraction of sp³-hybridized carbons (Fsp3) is 0.471. The van der Waals surface area contributed by atoms with Crippen molar-refractivity contribution in [2.75, 3.05) is 13.2 Å². The molecule has 3 rings (SSSR count). The van der Waals surface area contributed by atoms with Crippen molar-refractivity contribution in [3.63, 3.8) is 0 Å². The van der Waals surface area contributed by atoms with E-state index in [1.165, 1.54) is 6.07 Å². The molecule has 1 saturated carbocycles. The first kappa shape index (κ1) is 16.4. The van der Waals surface area contributed by atoms with Gasteiger partial charge in [-0.2, -0.15) is 10.5 Å². The van der Waals surface area contributed by atoms with E-state index < -0.39 is 28.5 Å². The summed E-state index contributed by atoms with van der Waals surface area (Å²) in [6.45, 7) is 3.85. The van der Waals surface area contributed by atoms with E-state index in [-0.39, 0.29) is 24.6 Å². The van der Waals surface area contributed by atoms with Gasteiger partial charge in [-0.15, -0.1) is 0 Å². The van der Waals surface area contributed by atoms with Crippen LogP contribution >= 0.6 is 0 Å². The Hall–Kier alpha value is -2.48. The Bertz CT molecular complexity index is 791. The Labute approximate surface area is 139 Å². The Balaban J connectivity index is 2.25. The summed E-state index contributed by atoms with van der Waals surface area (Å²) in [5.41, 5.74) is 3.29. The maximum Gasteiger partial charge on any atom is 0.293 e. The van der Waals surface area contributed by atoms with E-state index in [0.717, 1.165) is 0 Å². The van der Waals surface area contributed by atoms with E-state index >= 15 is 0 Å². The SMILES string of the molecule is CCOC1(OCC)N=C(N)[C@]2(C#N)[C@@H](c3ccccc3F)[C@]12C#N. The number of halogens is 1. The minimum absolute atomic E-state index is 0.0540. The minimum Gasteiger partial charge on any atom is -0.386 e. The lowest BCUT2D eigenvalue weighted by atomic mass is 9.93. The van der Waals surface area contributed by atoms with Crippen LogP contribution in [0.1, 0.15) is 25.3 Å². The molecule has 0 aromatic heterocycles. The standard InChI is InChI=1S/C17H17FN4O2/c1-3-23-17(24-4-2)16(10-20)13(11-7-5-6-8-12(11)18)15(16,9-19)14(21)22-17/h5-8,13H,3-4H2,1-2H3,(H2,21,22)/t13-,15+,16+/m1/s1. The van der Waals surface area contributed by atoms with Gasteiger partial charge in [0.15, 0.2) is 5.41 Å². The zero-order valence-corrected chi connectivity index (χ0v) is 13.4. The molecule has 3 atom stereocenters. The molecule has 0 spiro atoms. The molecule has 0 saturated heterocycles. The van der Waals surface area contributed by atoms with E-state index in [9.17, 15) is 14.9 Å². The second-order valence-electron chi connectivity index (χ2n) is 5.74. The number of nitrogens with zero attached hydrogens (tertiary/aromatic N) is 3. The number of nitriles is 2. The molecule has 0 unspecified atom stereocenters. The number of ether oxygens (including phenoxy) is 2. The molecule has 0 amide bonds. The van der Waals surface area contributed by atoms with Crippen LogP contribution in [0.2, 0.25) is 0 Å². The van der Waals surface area contributed by atoms with E-state index in [2.05, 4.69) is 17.1 Å². The molecule has 0 radical (unpaired) electrons. The van der Waals surface area contributed by atoms with Crippen molar-refractivity contribution in [1.82, 2.24) is 0 Å². The summed E-state index contributed by atoms with van der Waals surface area (Å²) in [6, 6.07) is 10.3. The number of hydrogen-bond donors (Lipinski definition) is 1. The summed E-state index contributed by atoms with van der Waals surface area (Å²) in [7, 11) is 0. The largest absolute Gasteiger partial charge is 0.386 e. The van der Waals surface area contributed by atoms with Crippen LogP contribution in [0.5, 0.6) is 0 Å².